The van der Waals surface area contributed by atoms with Crippen molar-refractivity contribution in [3.8, 4) is 0 Å². The van der Waals surface area contributed by atoms with Crippen molar-refractivity contribution in [1.82, 2.24) is 10.2 Å². The lowest BCUT2D eigenvalue weighted by Crippen LogP contribution is -2.49. The number of thioether (sulfide) groups is 1. The number of rotatable bonds is 10. The molecule has 2 aromatic carbocycles. The highest BCUT2D eigenvalue weighted by Crippen LogP contribution is 2.22. The smallest absolute Gasteiger partial charge is 0.242 e. The zero-order chi connectivity index (χ0) is 22.1. The summed E-state index contributed by atoms with van der Waals surface area (Å²) in [6.07, 6.45) is 1.09. The van der Waals surface area contributed by atoms with Crippen molar-refractivity contribution in [3.05, 3.63) is 64.9 Å². The van der Waals surface area contributed by atoms with Crippen molar-refractivity contribution < 1.29 is 14.0 Å². The molecule has 2 amide bonds. The van der Waals surface area contributed by atoms with Gasteiger partial charge in [0, 0.05) is 34.7 Å². The number of halogens is 2. The Hall–Kier alpha value is -2.05. The maximum absolute atomic E-state index is 13.2. The third kappa shape index (κ3) is 7.65. The van der Waals surface area contributed by atoms with Crippen LogP contribution in [-0.2, 0) is 16.1 Å². The molecular weight excluding hydrogens is 423 g/mol. The molecule has 0 aliphatic carbocycles. The number of amides is 2. The van der Waals surface area contributed by atoms with Crippen molar-refractivity contribution in [1.29, 1.82) is 0 Å². The Labute approximate surface area is 187 Å². The Balaban J connectivity index is 2.06. The van der Waals surface area contributed by atoms with E-state index in [1.807, 2.05) is 38.1 Å². The van der Waals surface area contributed by atoms with Crippen LogP contribution < -0.4 is 5.32 Å². The fraction of sp³-hybridized carbons (Fsp3) is 0.391. The van der Waals surface area contributed by atoms with Crippen molar-refractivity contribution in [2.45, 2.75) is 57.1 Å². The Bertz CT molecular complexity index is 830. The Morgan fingerprint density at radius 2 is 1.73 bits per heavy atom. The van der Waals surface area contributed by atoms with E-state index in [4.69, 9.17) is 11.6 Å². The van der Waals surface area contributed by atoms with E-state index in [0.717, 1.165) is 16.9 Å². The first-order valence-corrected chi connectivity index (χ1v) is 11.4. The lowest BCUT2D eigenvalue weighted by atomic mass is 10.1. The van der Waals surface area contributed by atoms with E-state index in [0.29, 0.717) is 10.8 Å². The van der Waals surface area contributed by atoms with Crippen molar-refractivity contribution in [2.24, 2.45) is 0 Å². The molecule has 7 heteroatoms. The highest BCUT2D eigenvalue weighted by molar-refractivity contribution is 7.99. The monoisotopic (exact) mass is 450 g/mol. The van der Waals surface area contributed by atoms with Crippen LogP contribution in [-0.4, -0.2) is 34.6 Å². The number of hydrogen-bond acceptors (Lipinski definition) is 3. The van der Waals surface area contributed by atoms with Gasteiger partial charge >= 0.3 is 0 Å². The molecule has 0 aromatic heterocycles. The molecule has 0 spiro atoms. The summed E-state index contributed by atoms with van der Waals surface area (Å²) in [5.41, 5.74) is 0.776. The van der Waals surface area contributed by atoms with Gasteiger partial charge in [-0.25, -0.2) is 4.39 Å². The molecule has 162 valence electrons. The SMILES string of the molecule is CC[C@@H](C)NC(=O)[C@H](C)N(Cc1ccc(F)cc1)C(=O)CCSc1ccc(Cl)cc1. The van der Waals surface area contributed by atoms with Gasteiger partial charge in [0.15, 0.2) is 0 Å². The minimum atomic E-state index is -0.628. The molecule has 30 heavy (non-hydrogen) atoms. The van der Waals surface area contributed by atoms with Crippen LogP contribution in [0.1, 0.15) is 39.2 Å². The Morgan fingerprint density at radius 3 is 2.33 bits per heavy atom. The average Bonchev–Trinajstić information content (AvgIpc) is 2.74. The van der Waals surface area contributed by atoms with Gasteiger partial charge < -0.3 is 10.2 Å². The first-order valence-electron chi connectivity index (χ1n) is 10.0. The molecule has 0 bridgehead atoms. The van der Waals surface area contributed by atoms with Crippen LogP contribution in [0, 0.1) is 5.82 Å². The number of hydrogen-bond donors (Lipinski definition) is 1. The van der Waals surface area contributed by atoms with E-state index in [1.165, 1.54) is 12.1 Å². The average molecular weight is 451 g/mol. The molecule has 0 aliphatic heterocycles. The van der Waals surface area contributed by atoms with Crippen molar-refractivity contribution >= 4 is 35.2 Å². The molecule has 0 radical (unpaired) electrons. The largest absolute Gasteiger partial charge is 0.352 e. The molecule has 4 nitrogen and oxygen atoms in total. The van der Waals surface area contributed by atoms with Gasteiger partial charge in [0.05, 0.1) is 0 Å². The van der Waals surface area contributed by atoms with Gasteiger partial charge in [0.1, 0.15) is 11.9 Å². The highest BCUT2D eigenvalue weighted by atomic mass is 35.5. The van der Waals surface area contributed by atoms with Gasteiger partial charge in [0.25, 0.3) is 0 Å². The van der Waals surface area contributed by atoms with E-state index in [1.54, 1.807) is 35.7 Å². The van der Waals surface area contributed by atoms with Crippen molar-refractivity contribution in [2.75, 3.05) is 5.75 Å². The fourth-order valence-corrected chi connectivity index (χ4v) is 3.73. The summed E-state index contributed by atoms with van der Waals surface area (Å²) in [7, 11) is 0. The molecule has 2 aromatic rings. The zero-order valence-corrected chi connectivity index (χ0v) is 19.1. The highest BCUT2D eigenvalue weighted by Gasteiger charge is 2.26. The van der Waals surface area contributed by atoms with Gasteiger partial charge in [-0.15, -0.1) is 11.8 Å². The molecular formula is C23H28ClFN2O2S. The van der Waals surface area contributed by atoms with Gasteiger partial charge in [-0.3, -0.25) is 9.59 Å². The summed E-state index contributed by atoms with van der Waals surface area (Å²) in [4.78, 5) is 28.2. The standard InChI is InChI=1S/C23H28ClFN2O2S/c1-4-16(2)26-23(29)17(3)27(15-18-5-9-20(25)10-6-18)22(28)13-14-30-21-11-7-19(24)8-12-21/h5-12,16-17H,4,13-15H2,1-3H3,(H,26,29)/t16-,17+/m1/s1. The van der Waals surface area contributed by atoms with Gasteiger partial charge in [0.2, 0.25) is 11.8 Å². The molecule has 1 N–H and O–H groups in total. The number of benzene rings is 2. The lowest BCUT2D eigenvalue weighted by molar-refractivity contribution is -0.140. The number of carbonyl (C=O) groups excluding carboxylic acids is 2. The molecule has 2 rings (SSSR count). The second-order valence-electron chi connectivity index (χ2n) is 7.19. The summed E-state index contributed by atoms with van der Waals surface area (Å²) in [5, 5.41) is 3.60. The van der Waals surface area contributed by atoms with Crippen LogP contribution in [0.2, 0.25) is 5.02 Å². The normalized spacial score (nSPS) is 12.8. The van der Waals surface area contributed by atoms with Gasteiger partial charge in [-0.1, -0.05) is 30.7 Å². The minimum Gasteiger partial charge on any atom is -0.352 e. The van der Waals surface area contributed by atoms with Crippen molar-refractivity contribution in [3.63, 3.8) is 0 Å². The predicted molar refractivity (Wildman–Crippen MR) is 121 cm³/mol. The van der Waals surface area contributed by atoms with Crippen LogP contribution >= 0.6 is 23.4 Å². The quantitative estimate of drug-likeness (QED) is 0.500. The summed E-state index contributed by atoms with van der Waals surface area (Å²) in [6.45, 7) is 5.90. The van der Waals surface area contributed by atoms with E-state index in [9.17, 15) is 14.0 Å². The van der Waals surface area contributed by atoms with Crippen LogP contribution in [0.3, 0.4) is 0 Å². The van der Waals surface area contributed by atoms with E-state index >= 15 is 0 Å². The maximum Gasteiger partial charge on any atom is 0.242 e. The summed E-state index contributed by atoms with van der Waals surface area (Å²) in [6, 6.07) is 12.8. The number of carbonyl (C=O) groups is 2. The van der Waals surface area contributed by atoms with Crippen LogP contribution in [0.15, 0.2) is 53.4 Å². The Morgan fingerprint density at radius 1 is 1.10 bits per heavy atom. The van der Waals surface area contributed by atoms with E-state index in [-0.39, 0.29) is 36.6 Å². The van der Waals surface area contributed by atoms with E-state index in [2.05, 4.69) is 5.32 Å². The third-order valence-electron chi connectivity index (χ3n) is 4.83. The van der Waals surface area contributed by atoms with Crippen LogP contribution in [0.5, 0.6) is 0 Å². The molecule has 0 unspecified atom stereocenters. The molecule has 0 heterocycles. The molecule has 0 fully saturated rings. The lowest BCUT2D eigenvalue weighted by Gasteiger charge is -2.29. The van der Waals surface area contributed by atoms with E-state index < -0.39 is 6.04 Å². The summed E-state index contributed by atoms with van der Waals surface area (Å²) in [5.74, 6) is -0.0589. The Kier molecular flexibility index (Phi) is 9.66. The minimum absolute atomic E-state index is 0.0307. The molecule has 0 saturated carbocycles. The van der Waals surface area contributed by atoms with Gasteiger partial charge in [-0.2, -0.15) is 0 Å². The summed E-state index contributed by atoms with van der Waals surface area (Å²) >= 11 is 7.47. The number of nitrogens with one attached hydrogen (secondary N) is 1. The second kappa shape index (κ2) is 12.0. The molecule has 2 atom stereocenters. The zero-order valence-electron chi connectivity index (χ0n) is 17.5. The first kappa shape index (κ1) is 24.2. The predicted octanol–water partition coefficient (Wildman–Crippen LogP) is 5.29. The van der Waals surface area contributed by atoms with Crippen LogP contribution in [0.25, 0.3) is 0 Å². The maximum atomic E-state index is 13.2. The molecule has 0 aliphatic rings. The third-order valence-corrected chi connectivity index (χ3v) is 6.10. The second-order valence-corrected chi connectivity index (χ2v) is 8.80. The summed E-state index contributed by atoms with van der Waals surface area (Å²) < 4.78 is 13.2. The number of nitrogens with zero attached hydrogens (tertiary/aromatic N) is 1. The van der Waals surface area contributed by atoms with Crippen LogP contribution in [0.4, 0.5) is 4.39 Å². The first-order chi connectivity index (χ1) is 14.3. The molecule has 0 saturated heterocycles. The topological polar surface area (TPSA) is 49.4 Å². The fourth-order valence-electron chi connectivity index (χ4n) is 2.77. The van der Waals surface area contributed by atoms with Gasteiger partial charge in [-0.05, 0) is 62.2 Å².